The maximum Gasteiger partial charge on any atom is 0.197 e. The molecule has 0 fully saturated rings. The highest BCUT2D eigenvalue weighted by Gasteiger charge is 2.00. The molecule has 0 aromatic heterocycles. The van der Waals surface area contributed by atoms with Gasteiger partial charge in [0.25, 0.3) is 0 Å². The summed E-state index contributed by atoms with van der Waals surface area (Å²) in [4.78, 5) is 8.41. The van der Waals surface area contributed by atoms with E-state index in [0.717, 1.165) is 17.1 Å². The number of aliphatic imine (C=N–C) groups is 2. The monoisotopic (exact) mass is 211 g/mol. The van der Waals surface area contributed by atoms with Crippen molar-refractivity contribution in [3.63, 3.8) is 0 Å². The van der Waals surface area contributed by atoms with Gasteiger partial charge in [0.05, 0.1) is 12.8 Å². The van der Waals surface area contributed by atoms with Gasteiger partial charge in [-0.15, -0.1) is 4.99 Å². The molecular formula is C13H11N2O+. The molecule has 1 aromatic carbocycles. The van der Waals surface area contributed by atoms with Gasteiger partial charge in [0.2, 0.25) is 0 Å². The van der Waals surface area contributed by atoms with E-state index in [1.54, 1.807) is 31.7 Å². The van der Waals surface area contributed by atoms with Crippen molar-refractivity contribution in [2.45, 2.75) is 0 Å². The first-order chi connectivity index (χ1) is 7.88. The van der Waals surface area contributed by atoms with E-state index in [1.807, 2.05) is 24.3 Å². The van der Waals surface area contributed by atoms with Crippen LogP contribution in [0.4, 0.5) is 5.69 Å². The van der Waals surface area contributed by atoms with Gasteiger partial charge in [-0.1, -0.05) is 0 Å². The Morgan fingerprint density at radius 1 is 1.31 bits per heavy atom. The van der Waals surface area contributed by atoms with Crippen molar-refractivity contribution < 1.29 is 4.74 Å². The van der Waals surface area contributed by atoms with E-state index in [0.29, 0.717) is 0 Å². The normalized spacial score (nSPS) is 13.7. The molecule has 0 atom stereocenters. The van der Waals surface area contributed by atoms with Crippen LogP contribution < -0.4 is 4.74 Å². The molecule has 0 saturated carbocycles. The molecule has 1 aromatic rings. The summed E-state index contributed by atoms with van der Waals surface area (Å²) in [5, 5.41) is 0. The van der Waals surface area contributed by atoms with Crippen molar-refractivity contribution in [3.8, 4) is 5.75 Å². The summed E-state index contributed by atoms with van der Waals surface area (Å²) in [7, 11) is 1.64. The first-order valence-electron chi connectivity index (χ1n) is 4.89. The highest BCUT2D eigenvalue weighted by molar-refractivity contribution is 6.36. The second kappa shape index (κ2) is 5.01. The highest BCUT2D eigenvalue weighted by atomic mass is 16.5. The molecule has 16 heavy (non-hydrogen) atoms. The number of methoxy groups -OCH3 is 1. The first-order valence-corrected chi connectivity index (χ1v) is 4.89. The first kappa shape index (κ1) is 10.3. The van der Waals surface area contributed by atoms with Gasteiger partial charge in [-0.2, -0.15) is 0 Å². The van der Waals surface area contributed by atoms with Gasteiger partial charge < -0.3 is 4.74 Å². The number of ether oxygens (including phenoxy) is 1. The second-order valence-electron chi connectivity index (χ2n) is 3.14. The molecular weight excluding hydrogens is 200 g/mol. The van der Waals surface area contributed by atoms with Gasteiger partial charge in [0, 0.05) is 6.08 Å². The van der Waals surface area contributed by atoms with Crippen molar-refractivity contribution >= 4 is 17.6 Å². The summed E-state index contributed by atoms with van der Waals surface area (Å²) in [6, 6.07) is 7.53. The molecule has 0 unspecified atom stereocenters. The largest absolute Gasteiger partial charge is 0.497 e. The van der Waals surface area contributed by atoms with Crippen LogP contribution in [0.1, 0.15) is 0 Å². The zero-order valence-electron chi connectivity index (χ0n) is 8.92. The molecule has 1 aliphatic rings. The third kappa shape index (κ3) is 2.62. The number of allylic oxidation sites excluding steroid dienone is 3. The minimum atomic E-state index is 0.790. The number of hydrogen-bond acceptors (Lipinski definition) is 3. The van der Waals surface area contributed by atoms with Gasteiger partial charge in [-0.05, 0) is 24.3 Å². The lowest BCUT2D eigenvalue weighted by Crippen LogP contribution is -1.95. The lowest BCUT2D eigenvalue weighted by molar-refractivity contribution is 0.415. The molecule has 0 amide bonds. The van der Waals surface area contributed by atoms with E-state index in [4.69, 9.17) is 4.74 Å². The van der Waals surface area contributed by atoms with Crippen molar-refractivity contribution in [3.05, 3.63) is 48.7 Å². The van der Waals surface area contributed by atoms with Crippen LogP contribution in [0.2, 0.25) is 0 Å². The Morgan fingerprint density at radius 3 is 2.75 bits per heavy atom. The fraction of sp³-hybridized carbons (Fsp3) is 0.0769. The van der Waals surface area contributed by atoms with Crippen LogP contribution in [-0.4, -0.2) is 19.0 Å². The molecule has 2 rings (SSSR count). The molecule has 0 N–H and O–H groups in total. The van der Waals surface area contributed by atoms with Gasteiger partial charge in [-0.3, -0.25) is 0 Å². The standard InChI is InChI=1S/C13H11N2O/c1-16-13-7-5-11(6-8-13)15-10-12-4-2-3-9-14-12/h3-10H,1H3/q+1. The van der Waals surface area contributed by atoms with Crippen molar-refractivity contribution in [1.82, 2.24) is 0 Å². The number of rotatable bonds is 3. The summed E-state index contributed by atoms with van der Waals surface area (Å²) >= 11 is 0. The van der Waals surface area contributed by atoms with Gasteiger partial charge >= 0.3 is 0 Å². The molecule has 0 saturated heterocycles. The van der Waals surface area contributed by atoms with Crippen molar-refractivity contribution in [2.75, 3.05) is 7.11 Å². The minimum absolute atomic E-state index is 0.790. The molecule has 0 radical (unpaired) electrons. The summed E-state index contributed by atoms with van der Waals surface area (Å²) in [5.41, 5.74) is 1.66. The molecule has 0 bridgehead atoms. The topological polar surface area (TPSA) is 34.0 Å². The van der Waals surface area contributed by atoms with Crippen LogP contribution in [-0.2, 0) is 0 Å². The summed E-state index contributed by atoms with van der Waals surface area (Å²) in [5.74, 6) is 0.824. The summed E-state index contributed by atoms with van der Waals surface area (Å²) < 4.78 is 5.06. The predicted molar refractivity (Wildman–Crippen MR) is 65.5 cm³/mol. The van der Waals surface area contributed by atoms with Crippen LogP contribution in [0.5, 0.6) is 5.75 Å². The molecule has 3 heteroatoms. The number of nitrogens with zero attached hydrogens (tertiary/aromatic N) is 2. The van der Waals surface area contributed by atoms with Gasteiger partial charge in [0.15, 0.2) is 5.71 Å². The van der Waals surface area contributed by atoms with Gasteiger partial charge in [0.1, 0.15) is 30.3 Å². The molecule has 3 nitrogen and oxygen atoms in total. The Labute approximate surface area is 94.5 Å². The maximum atomic E-state index is 5.06. The number of benzene rings is 1. The van der Waals surface area contributed by atoms with Crippen LogP contribution in [0.15, 0.2) is 52.6 Å². The fourth-order valence-electron chi connectivity index (χ4n) is 1.22. The smallest absolute Gasteiger partial charge is 0.197 e. The number of hydrogen-bond donors (Lipinski definition) is 0. The highest BCUT2D eigenvalue weighted by Crippen LogP contribution is 2.17. The Bertz CT molecular complexity index is 467. The van der Waals surface area contributed by atoms with E-state index in [-0.39, 0.29) is 0 Å². The fourth-order valence-corrected chi connectivity index (χ4v) is 1.22. The van der Waals surface area contributed by atoms with E-state index in [1.165, 1.54) is 0 Å². The van der Waals surface area contributed by atoms with Crippen molar-refractivity contribution in [2.24, 2.45) is 9.98 Å². The molecule has 1 heterocycles. The van der Waals surface area contributed by atoms with Crippen molar-refractivity contribution in [1.29, 1.82) is 0 Å². The van der Waals surface area contributed by atoms with E-state index in [9.17, 15) is 0 Å². The molecule has 78 valence electrons. The predicted octanol–water partition coefficient (Wildman–Crippen LogP) is 2.73. The average Bonchev–Trinajstić information content (AvgIpc) is 2.38. The van der Waals surface area contributed by atoms with E-state index >= 15 is 0 Å². The summed E-state index contributed by atoms with van der Waals surface area (Å²) in [6.07, 6.45) is 9.88. The maximum absolute atomic E-state index is 5.06. The molecule has 1 aliphatic heterocycles. The third-order valence-corrected chi connectivity index (χ3v) is 2.04. The van der Waals surface area contributed by atoms with Crippen LogP contribution >= 0.6 is 0 Å². The lowest BCUT2D eigenvalue weighted by Gasteiger charge is -1.98. The van der Waals surface area contributed by atoms with Gasteiger partial charge in [-0.25, -0.2) is 4.99 Å². The third-order valence-electron chi connectivity index (χ3n) is 2.04. The summed E-state index contributed by atoms with van der Waals surface area (Å²) in [6.45, 7) is 0. The Kier molecular flexibility index (Phi) is 3.22. The zero-order valence-corrected chi connectivity index (χ0v) is 8.92. The van der Waals surface area contributed by atoms with Crippen LogP contribution in [0.25, 0.3) is 0 Å². The Morgan fingerprint density at radius 2 is 2.12 bits per heavy atom. The van der Waals surface area contributed by atoms with E-state index in [2.05, 4.69) is 16.1 Å². The second-order valence-corrected chi connectivity index (χ2v) is 3.14. The quantitative estimate of drug-likeness (QED) is 0.559. The average molecular weight is 211 g/mol. The Balaban J connectivity index is 2.08. The van der Waals surface area contributed by atoms with Crippen LogP contribution in [0.3, 0.4) is 0 Å². The minimum Gasteiger partial charge on any atom is -0.497 e. The molecule has 0 spiro atoms. The molecule has 0 aliphatic carbocycles. The van der Waals surface area contributed by atoms with E-state index < -0.39 is 0 Å². The SMILES string of the molecule is COc1ccc(N=CC2=NC=C[C+]=C2)cc1. The Hall–Kier alpha value is -2.25. The lowest BCUT2D eigenvalue weighted by atomic mass is 10.3. The van der Waals surface area contributed by atoms with Crippen LogP contribution in [0, 0.1) is 6.08 Å². The zero-order chi connectivity index (χ0) is 11.2.